The predicted molar refractivity (Wildman–Crippen MR) is 71.5 cm³/mol. The van der Waals surface area contributed by atoms with E-state index in [1.165, 1.54) is 12.9 Å². The van der Waals surface area contributed by atoms with E-state index in [-0.39, 0.29) is 5.97 Å². The summed E-state index contributed by atoms with van der Waals surface area (Å²) in [5.74, 6) is 1.92. The van der Waals surface area contributed by atoms with Crippen LogP contribution in [0, 0.1) is 0 Å². The van der Waals surface area contributed by atoms with Gasteiger partial charge in [-0.2, -0.15) is 11.8 Å². The molecule has 5 heteroatoms. The van der Waals surface area contributed by atoms with Crippen molar-refractivity contribution in [2.75, 3.05) is 29.7 Å². The van der Waals surface area contributed by atoms with Gasteiger partial charge in [-0.05, 0) is 30.4 Å². The lowest BCUT2D eigenvalue weighted by atomic mass is 10.1. The second-order valence-corrected chi connectivity index (χ2v) is 5.15. The van der Waals surface area contributed by atoms with E-state index in [2.05, 4.69) is 10.1 Å². The van der Waals surface area contributed by atoms with Crippen molar-refractivity contribution >= 4 is 29.1 Å². The zero-order valence-electron chi connectivity index (χ0n) is 9.73. The maximum absolute atomic E-state index is 11.4. The largest absolute Gasteiger partial charge is 0.465 e. The minimum absolute atomic E-state index is 0.339. The normalized spacial score (nSPS) is 19.0. The van der Waals surface area contributed by atoms with Gasteiger partial charge in [-0.1, -0.05) is 0 Å². The molecule has 1 aromatic carbocycles. The number of thioether (sulfide) groups is 1. The summed E-state index contributed by atoms with van der Waals surface area (Å²) >= 11 is 1.93. The van der Waals surface area contributed by atoms with Gasteiger partial charge in [0.05, 0.1) is 24.0 Å². The monoisotopic (exact) mass is 252 g/mol. The minimum Gasteiger partial charge on any atom is -0.465 e. The number of benzene rings is 1. The van der Waals surface area contributed by atoms with Gasteiger partial charge in [-0.15, -0.1) is 0 Å². The third-order valence-electron chi connectivity index (χ3n) is 2.76. The van der Waals surface area contributed by atoms with Crippen LogP contribution in [0.4, 0.5) is 11.4 Å². The first-order valence-corrected chi connectivity index (χ1v) is 6.68. The Morgan fingerprint density at radius 2 is 2.41 bits per heavy atom. The van der Waals surface area contributed by atoms with Gasteiger partial charge in [-0.3, -0.25) is 0 Å². The van der Waals surface area contributed by atoms with Gasteiger partial charge in [0.2, 0.25) is 0 Å². The molecule has 0 bridgehead atoms. The maximum atomic E-state index is 11.4. The molecule has 1 unspecified atom stereocenters. The fourth-order valence-electron chi connectivity index (χ4n) is 1.79. The molecular formula is C12H16N2O2S. The van der Waals surface area contributed by atoms with E-state index >= 15 is 0 Å². The third-order valence-corrected chi connectivity index (χ3v) is 3.93. The molecule has 4 nitrogen and oxygen atoms in total. The Kier molecular flexibility index (Phi) is 3.78. The molecule has 0 spiro atoms. The van der Waals surface area contributed by atoms with Crippen molar-refractivity contribution in [3.8, 4) is 0 Å². The fourth-order valence-corrected chi connectivity index (χ4v) is 2.95. The molecule has 0 amide bonds. The van der Waals surface area contributed by atoms with Crippen LogP contribution in [-0.2, 0) is 4.74 Å². The molecule has 92 valence electrons. The highest BCUT2D eigenvalue weighted by molar-refractivity contribution is 7.99. The molecule has 2 rings (SSSR count). The Labute approximate surface area is 105 Å². The van der Waals surface area contributed by atoms with Gasteiger partial charge in [-0.25, -0.2) is 4.79 Å². The number of anilines is 2. The molecule has 17 heavy (non-hydrogen) atoms. The molecule has 0 aliphatic carbocycles. The number of carbonyl (C=O) groups excluding carboxylic acids is 1. The van der Waals surface area contributed by atoms with Crippen molar-refractivity contribution < 1.29 is 9.53 Å². The third kappa shape index (κ3) is 2.85. The molecule has 3 N–H and O–H groups in total. The van der Waals surface area contributed by atoms with Crippen molar-refractivity contribution in [2.24, 2.45) is 0 Å². The van der Waals surface area contributed by atoms with Gasteiger partial charge >= 0.3 is 5.97 Å². The Morgan fingerprint density at radius 3 is 3.06 bits per heavy atom. The van der Waals surface area contributed by atoms with Crippen LogP contribution >= 0.6 is 11.8 Å². The van der Waals surface area contributed by atoms with Crippen LogP contribution in [0.1, 0.15) is 16.8 Å². The second kappa shape index (κ2) is 5.31. The number of rotatable bonds is 3. The van der Waals surface area contributed by atoms with Crippen LogP contribution in [0.25, 0.3) is 0 Å². The molecule has 1 fully saturated rings. The van der Waals surface area contributed by atoms with E-state index in [1.54, 1.807) is 18.2 Å². The first-order valence-electron chi connectivity index (χ1n) is 5.53. The molecule has 0 aromatic heterocycles. The number of ether oxygens (including phenoxy) is 1. The van der Waals surface area contributed by atoms with E-state index in [9.17, 15) is 4.79 Å². The summed E-state index contributed by atoms with van der Waals surface area (Å²) in [5, 5.41) is 3.37. The summed E-state index contributed by atoms with van der Waals surface area (Å²) in [4.78, 5) is 11.4. The molecule has 1 aromatic rings. The highest BCUT2D eigenvalue weighted by atomic mass is 32.2. The highest BCUT2D eigenvalue weighted by Crippen LogP contribution is 2.26. The topological polar surface area (TPSA) is 64.3 Å². The first-order chi connectivity index (χ1) is 8.20. The van der Waals surface area contributed by atoms with E-state index < -0.39 is 0 Å². The number of nitrogens with one attached hydrogen (secondary N) is 1. The van der Waals surface area contributed by atoms with Crippen LogP contribution in [0.2, 0.25) is 0 Å². The quantitative estimate of drug-likeness (QED) is 0.636. The summed E-state index contributed by atoms with van der Waals surface area (Å²) in [6.45, 7) is 0. The van der Waals surface area contributed by atoms with Crippen molar-refractivity contribution in [3.05, 3.63) is 23.8 Å². The second-order valence-electron chi connectivity index (χ2n) is 4.00. The standard InChI is InChI=1S/C12H16N2O2S/c1-16-12(15)8-2-3-10(13)11(6-8)14-9-4-5-17-7-9/h2-3,6,9,14H,4-5,7,13H2,1H3. The summed E-state index contributed by atoms with van der Waals surface area (Å²) in [5.41, 5.74) is 7.89. The number of carbonyl (C=O) groups is 1. The van der Waals surface area contributed by atoms with Crippen LogP contribution in [-0.4, -0.2) is 30.6 Å². The van der Waals surface area contributed by atoms with Crippen molar-refractivity contribution in [1.29, 1.82) is 0 Å². The van der Waals surface area contributed by atoms with Gasteiger partial charge in [0.25, 0.3) is 0 Å². The Morgan fingerprint density at radius 1 is 1.59 bits per heavy atom. The molecule has 1 saturated heterocycles. The molecule has 0 saturated carbocycles. The van der Waals surface area contributed by atoms with Gasteiger partial charge in [0.15, 0.2) is 0 Å². The Bertz CT molecular complexity index is 417. The SMILES string of the molecule is COC(=O)c1ccc(N)c(NC2CCSC2)c1. The van der Waals surface area contributed by atoms with E-state index in [4.69, 9.17) is 5.73 Å². The molecular weight excluding hydrogens is 236 g/mol. The first kappa shape index (κ1) is 12.1. The van der Waals surface area contributed by atoms with E-state index in [0.29, 0.717) is 17.3 Å². The number of nitrogens with two attached hydrogens (primary N) is 1. The maximum Gasteiger partial charge on any atom is 0.337 e. The van der Waals surface area contributed by atoms with Crippen LogP contribution in [0.3, 0.4) is 0 Å². The van der Waals surface area contributed by atoms with Crippen molar-refractivity contribution in [1.82, 2.24) is 0 Å². The van der Waals surface area contributed by atoms with Crippen LogP contribution in [0.5, 0.6) is 0 Å². The smallest absolute Gasteiger partial charge is 0.337 e. The molecule has 1 atom stereocenters. The van der Waals surface area contributed by atoms with E-state index in [1.807, 2.05) is 11.8 Å². The van der Waals surface area contributed by atoms with Gasteiger partial charge < -0.3 is 15.8 Å². The number of esters is 1. The average molecular weight is 252 g/mol. The Balaban J connectivity index is 2.16. The zero-order chi connectivity index (χ0) is 12.3. The summed E-state index contributed by atoms with van der Waals surface area (Å²) < 4.78 is 4.69. The molecule has 1 aliphatic heterocycles. The fraction of sp³-hybridized carbons (Fsp3) is 0.417. The lowest BCUT2D eigenvalue weighted by molar-refractivity contribution is 0.0601. The van der Waals surface area contributed by atoms with Crippen molar-refractivity contribution in [2.45, 2.75) is 12.5 Å². The van der Waals surface area contributed by atoms with Crippen LogP contribution < -0.4 is 11.1 Å². The van der Waals surface area contributed by atoms with E-state index in [0.717, 1.165) is 17.9 Å². The number of hydrogen-bond donors (Lipinski definition) is 2. The molecule has 0 radical (unpaired) electrons. The molecule has 1 heterocycles. The molecule has 1 aliphatic rings. The summed E-state index contributed by atoms with van der Waals surface area (Å²) in [7, 11) is 1.37. The number of hydrogen-bond acceptors (Lipinski definition) is 5. The summed E-state index contributed by atoms with van der Waals surface area (Å²) in [6, 6.07) is 5.60. The highest BCUT2D eigenvalue weighted by Gasteiger charge is 2.17. The van der Waals surface area contributed by atoms with Gasteiger partial charge in [0.1, 0.15) is 0 Å². The van der Waals surface area contributed by atoms with Crippen LogP contribution in [0.15, 0.2) is 18.2 Å². The number of nitrogen functional groups attached to an aromatic ring is 1. The lowest BCUT2D eigenvalue weighted by Crippen LogP contribution is -2.19. The van der Waals surface area contributed by atoms with Gasteiger partial charge in [0, 0.05) is 11.8 Å². The predicted octanol–water partition coefficient (Wildman–Crippen LogP) is 1.97. The Hall–Kier alpha value is -1.36. The minimum atomic E-state index is -0.339. The lowest BCUT2D eigenvalue weighted by Gasteiger charge is -2.15. The zero-order valence-corrected chi connectivity index (χ0v) is 10.5. The number of methoxy groups -OCH3 is 1. The summed E-state index contributed by atoms with van der Waals surface area (Å²) in [6.07, 6.45) is 1.13. The van der Waals surface area contributed by atoms with Crippen molar-refractivity contribution in [3.63, 3.8) is 0 Å². The average Bonchev–Trinajstić information content (AvgIpc) is 2.84.